The summed E-state index contributed by atoms with van der Waals surface area (Å²) in [5, 5.41) is 1.82. The zero-order valence-electron chi connectivity index (χ0n) is 7.38. The summed E-state index contributed by atoms with van der Waals surface area (Å²) in [6.45, 7) is 1.80. The van der Waals surface area contributed by atoms with E-state index in [1.807, 2.05) is 12.1 Å². The first-order chi connectivity index (χ1) is 5.33. The number of ether oxygens (including phenoxy) is 1. The van der Waals surface area contributed by atoms with Crippen LogP contribution in [0.15, 0.2) is 0 Å². The molecule has 0 spiro atoms. The van der Waals surface area contributed by atoms with Crippen LogP contribution >= 0.6 is 0 Å². The van der Waals surface area contributed by atoms with Gasteiger partial charge in [-0.2, -0.15) is 5.06 Å². The predicted octanol–water partition coefficient (Wildman–Crippen LogP) is 1.05. The molecule has 11 heavy (non-hydrogen) atoms. The van der Waals surface area contributed by atoms with E-state index in [1.165, 1.54) is 19.3 Å². The molecule has 1 heterocycles. The van der Waals surface area contributed by atoms with Crippen LogP contribution in [0.3, 0.4) is 0 Å². The van der Waals surface area contributed by atoms with E-state index in [0.717, 1.165) is 13.2 Å². The Balaban J connectivity index is 2.13. The topological polar surface area (TPSA) is 21.7 Å². The summed E-state index contributed by atoms with van der Waals surface area (Å²) < 4.78 is 5.53. The van der Waals surface area contributed by atoms with Crippen molar-refractivity contribution in [3.8, 4) is 0 Å². The zero-order chi connectivity index (χ0) is 8.10. The van der Waals surface area contributed by atoms with E-state index in [-0.39, 0.29) is 0 Å². The summed E-state index contributed by atoms with van der Waals surface area (Å²) in [5.74, 6) is 0. The van der Waals surface area contributed by atoms with Crippen molar-refractivity contribution >= 4 is 0 Å². The molecular formula is C8H17NO2. The van der Waals surface area contributed by atoms with Gasteiger partial charge in [0.05, 0.1) is 19.8 Å². The normalized spacial score (nSPS) is 25.9. The van der Waals surface area contributed by atoms with Crippen LogP contribution in [0.4, 0.5) is 0 Å². The highest BCUT2D eigenvalue weighted by Gasteiger charge is 2.15. The third-order valence-electron chi connectivity index (χ3n) is 2.05. The van der Waals surface area contributed by atoms with Gasteiger partial charge < -0.3 is 9.57 Å². The molecule has 1 aliphatic heterocycles. The highest BCUT2D eigenvalue weighted by atomic mass is 16.7. The summed E-state index contributed by atoms with van der Waals surface area (Å²) in [7, 11) is 3.61. The van der Waals surface area contributed by atoms with Gasteiger partial charge in [0.2, 0.25) is 0 Å². The monoisotopic (exact) mass is 159 g/mol. The van der Waals surface area contributed by atoms with Crippen molar-refractivity contribution in [3.05, 3.63) is 0 Å². The molecule has 1 rings (SSSR count). The lowest BCUT2D eigenvalue weighted by Gasteiger charge is -2.25. The minimum atomic E-state index is 0.383. The summed E-state index contributed by atoms with van der Waals surface area (Å²) >= 11 is 0. The van der Waals surface area contributed by atoms with Gasteiger partial charge in [-0.3, -0.25) is 0 Å². The Labute approximate surface area is 68.2 Å². The molecule has 3 heteroatoms. The SMILES string of the molecule is CON(C)CC1CCCCO1. The van der Waals surface area contributed by atoms with Crippen LogP contribution < -0.4 is 0 Å². The molecule has 1 atom stereocenters. The average molecular weight is 159 g/mol. The standard InChI is InChI=1S/C8H17NO2/c1-9(10-2)7-8-5-3-4-6-11-8/h8H,3-7H2,1-2H3. The van der Waals surface area contributed by atoms with Gasteiger partial charge in [-0.05, 0) is 19.3 Å². The molecule has 0 saturated carbocycles. The van der Waals surface area contributed by atoms with Crippen LogP contribution in [0, 0.1) is 0 Å². The molecule has 0 N–H and O–H groups in total. The average Bonchev–Trinajstić information content (AvgIpc) is 2.06. The number of hydroxylamine groups is 2. The van der Waals surface area contributed by atoms with E-state index in [9.17, 15) is 0 Å². The lowest BCUT2D eigenvalue weighted by atomic mass is 10.1. The Kier molecular flexibility index (Phi) is 3.83. The van der Waals surface area contributed by atoms with Gasteiger partial charge in [-0.25, -0.2) is 0 Å². The summed E-state index contributed by atoms with van der Waals surface area (Å²) in [4.78, 5) is 5.01. The van der Waals surface area contributed by atoms with Gasteiger partial charge in [-0.15, -0.1) is 0 Å². The maximum absolute atomic E-state index is 5.53. The second-order valence-corrected chi connectivity index (χ2v) is 2.98. The minimum Gasteiger partial charge on any atom is -0.377 e. The summed E-state index contributed by atoms with van der Waals surface area (Å²) in [6.07, 6.45) is 4.07. The fourth-order valence-corrected chi connectivity index (χ4v) is 1.31. The van der Waals surface area contributed by atoms with Crippen molar-refractivity contribution in [1.29, 1.82) is 0 Å². The van der Waals surface area contributed by atoms with Crippen molar-refractivity contribution < 1.29 is 9.57 Å². The molecule has 0 aromatic heterocycles. The number of likely N-dealkylation sites (N-methyl/N-ethyl adjacent to an activating group) is 1. The molecule has 1 aliphatic rings. The van der Waals surface area contributed by atoms with Crippen molar-refractivity contribution in [2.45, 2.75) is 25.4 Å². The Morgan fingerprint density at radius 3 is 2.91 bits per heavy atom. The van der Waals surface area contributed by atoms with Gasteiger partial charge >= 0.3 is 0 Å². The first kappa shape index (κ1) is 8.97. The van der Waals surface area contributed by atoms with Crippen LogP contribution in [0.5, 0.6) is 0 Å². The molecule has 1 fully saturated rings. The molecule has 3 nitrogen and oxygen atoms in total. The maximum atomic E-state index is 5.53. The van der Waals surface area contributed by atoms with Crippen molar-refractivity contribution in [1.82, 2.24) is 5.06 Å². The van der Waals surface area contributed by atoms with Gasteiger partial charge in [0.25, 0.3) is 0 Å². The highest BCUT2D eigenvalue weighted by molar-refractivity contribution is 4.64. The van der Waals surface area contributed by atoms with E-state index < -0.39 is 0 Å². The van der Waals surface area contributed by atoms with Gasteiger partial charge in [-0.1, -0.05) is 0 Å². The molecule has 0 aliphatic carbocycles. The quantitative estimate of drug-likeness (QED) is 0.574. The summed E-state index contributed by atoms with van der Waals surface area (Å²) in [5.41, 5.74) is 0. The Morgan fingerprint density at radius 1 is 1.55 bits per heavy atom. The van der Waals surface area contributed by atoms with Crippen LogP contribution in [-0.4, -0.2) is 38.5 Å². The van der Waals surface area contributed by atoms with E-state index in [2.05, 4.69) is 0 Å². The van der Waals surface area contributed by atoms with Gasteiger partial charge in [0, 0.05) is 13.7 Å². The fraction of sp³-hybridized carbons (Fsp3) is 1.00. The molecule has 0 radical (unpaired) electrons. The van der Waals surface area contributed by atoms with Crippen molar-refractivity contribution in [3.63, 3.8) is 0 Å². The van der Waals surface area contributed by atoms with E-state index in [1.54, 1.807) is 7.11 Å². The van der Waals surface area contributed by atoms with Crippen molar-refractivity contribution in [2.75, 3.05) is 27.3 Å². The number of rotatable bonds is 3. The molecule has 0 aromatic rings. The Hall–Kier alpha value is -0.120. The van der Waals surface area contributed by atoms with Crippen LogP contribution in [0.1, 0.15) is 19.3 Å². The predicted molar refractivity (Wildman–Crippen MR) is 43.2 cm³/mol. The molecule has 0 aromatic carbocycles. The summed E-state index contributed by atoms with van der Waals surface area (Å²) in [6, 6.07) is 0. The van der Waals surface area contributed by atoms with Gasteiger partial charge in [0.15, 0.2) is 0 Å². The van der Waals surface area contributed by atoms with Crippen LogP contribution in [0.25, 0.3) is 0 Å². The second kappa shape index (κ2) is 4.70. The number of nitrogens with zero attached hydrogens (tertiary/aromatic N) is 1. The molecule has 0 bridgehead atoms. The minimum absolute atomic E-state index is 0.383. The van der Waals surface area contributed by atoms with E-state index >= 15 is 0 Å². The molecule has 66 valence electrons. The molecule has 1 unspecified atom stereocenters. The third-order valence-corrected chi connectivity index (χ3v) is 2.05. The largest absolute Gasteiger partial charge is 0.377 e. The van der Waals surface area contributed by atoms with E-state index in [0.29, 0.717) is 6.10 Å². The number of hydrogen-bond acceptors (Lipinski definition) is 3. The van der Waals surface area contributed by atoms with Crippen LogP contribution in [-0.2, 0) is 9.57 Å². The lowest BCUT2D eigenvalue weighted by molar-refractivity contribution is -0.141. The molecule has 1 saturated heterocycles. The van der Waals surface area contributed by atoms with Crippen molar-refractivity contribution in [2.24, 2.45) is 0 Å². The molecular weight excluding hydrogens is 142 g/mol. The first-order valence-electron chi connectivity index (χ1n) is 4.20. The lowest BCUT2D eigenvalue weighted by Crippen LogP contribution is -2.32. The second-order valence-electron chi connectivity index (χ2n) is 2.98. The first-order valence-corrected chi connectivity index (χ1v) is 4.20. The zero-order valence-corrected chi connectivity index (χ0v) is 7.38. The van der Waals surface area contributed by atoms with Gasteiger partial charge in [0.1, 0.15) is 0 Å². The smallest absolute Gasteiger partial charge is 0.0725 e. The Bertz CT molecular complexity index is 102. The van der Waals surface area contributed by atoms with E-state index in [4.69, 9.17) is 9.57 Å². The fourth-order valence-electron chi connectivity index (χ4n) is 1.31. The maximum Gasteiger partial charge on any atom is 0.0725 e. The third kappa shape index (κ3) is 3.18. The van der Waals surface area contributed by atoms with Crippen LogP contribution in [0.2, 0.25) is 0 Å². The Morgan fingerprint density at radius 2 is 2.36 bits per heavy atom. The number of hydrogen-bond donors (Lipinski definition) is 0. The highest BCUT2D eigenvalue weighted by Crippen LogP contribution is 2.12. The molecule has 0 amide bonds.